The SMILES string of the molecule is C=C(C)C(=O)OC(C)(C)C(COC(C)(C)C(C)(C)CCCCO)c1ccccc1. The van der Waals surface area contributed by atoms with Crippen molar-refractivity contribution in [2.75, 3.05) is 13.2 Å². The standard InChI is InChI=1S/C25H40O4/c1-19(2)22(27)29-24(5,6)21(20-14-10-9-11-15-20)18-28-25(7,8)23(3,4)16-12-13-17-26/h9-11,14-15,21,26H,1,12-13,16-18H2,2-8H3. The number of rotatable bonds is 12. The topological polar surface area (TPSA) is 55.8 Å². The van der Waals surface area contributed by atoms with Crippen LogP contribution in [0.5, 0.6) is 0 Å². The molecule has 4 nitrogen and oxygen atoms in total. The molecule has 0 aliphatic rings. The molecule has 0 aliphatic carbocycles. The Hall–Kier alpha value is -1.65. The second-order valence-electron chi connectivity index (χ2n) is 9.62. The molecule has 29 heavy (non-hydrogen) atoms. The molecular formula is C25H40O4. The van der Waals surface area contributed by atoms with Crippen LogP contribution in [0.1, 0.15) is 79.2 Å². The van der Waals surface area contributed by atoms with Gasteiger partial charge in [0.15, 0.2) is 0 Å². The number of esters is 1. The van der Waals surface area contributed by atoms with Crippen molar-refractivity contribution < 1.29 is 19.4 Å². The summed E-state index contributed by atoms with van der Waals surface area (Å²) in [6, 6.07) is 10.0. The fourth-order valence-electron chi connectivity index (χ4n) is 3.25. The molecule has 0 aromatic heterocycles. The summed E-state index contributed by atoms with van der Waals surface area (Å²) in [5.74, 6) is -0.515. The van der Waals surface area contributed by atoms with Crippen LogP contribution < -0.4 is 0 Å². The van der Waals surface area contributed by atoms with Gasteiger partial charge < -0.3 is 14.6 Å². The summed E-state index contributed by atoms with van der Waals surface area (Å²) in [7, 11) is 0. The van der Waals surface area contributed by atoms with Crippen molar-refractivity contribution in [3.63, 3.8) is 0 Å². The highest BCUT2D eigenvalue weighted by molar-refractivity contribution is 5.87. The Morgan fingerprint density at radius 3 is 2.17 bits per heavy atom. The zero-order valence-electron chi connectivity index (χ0n) is 19.4. The molecule has 0 spiro atoms. The molecule has 1 unspecified atom stereocenters. The minimum Gasteiger partial charge on any atom is -0.456 e. The second kappa shape index (κ2) is 10.4. The number of aliphatic hydroxyl groups is 1. The molecule has 0 aliphatic heterocycles. The van der Waals surface area contributed by atoms with Gasteiger partial charge in [-0.1, -0.05) is 57.2 Å². The van der Waals surface area contributed by atoms with Crippen LogP contribution in [-0.4, -0.2) is 35.5 Å². The maximum atomic E-state index is 12.2. The number of unbranched alkanes of at least 4 members (excludes halogenated alkanes) is 1. The van der Waals surface area contributed by atoms with Crippen LogP contribution in [0.2, 0.25) is 0 Å². The third-order valence-electron chi connectivity index (χ3n) is 6.20. The van der Waals surface area contributed by atoms with Crippen molar-refractivity contribution in [1.29, 1.82) is 0 Å². The lowest BCUT2D eigenvalue weighted by molar-refractivity contribution is -0.160. The number of ether oxygens (including phenoxy) is 2. The molecule has 0 bridgehead atoms. The first-order valence-corrected chi connectivity index (χ1v) is 10.5. The molecule has 1 aromatic rings. The minimum absolute atomic E-state index is 0.0675. The molecule has 1 rings (SSSR count). The predicted molar refractivity (Wildman–Crippen MR) is 119 cm³/mol. The minimum atomic E-state index is -0.755. The van der Waals surface area contributed by atoms with Crippen molar-refractivity contribution in [2.24, 2.45) is 5.41 Å². The summed E-state index contributed by atoms with van der Waals surface area (Å²) in [5.41, 5.74) is 0.248. The third kappa shape index (κ3) is 7.27. The maximum Gasteiger partial charge on any atom is 0.333 e. The van der Waals surface area contributed by atoms with Crippen LogP contribution in [-0.2, 0) is 14.3 Å². The lowest BCUT2D eigenvalue weighted by Gasteiger charge is -2.44. The fraction of sp³-hybridized carbons (Fsp3) is 0.640. The number of carbonyl (C=O) groups excluding carboxylic acids is 1. The Morgan fingerprint density at radius 2 is 1.66 bits per heavy atom. The van der Waals surface area contributed by atoms with Crippen LogP contribution in [0, 0.1) is 5.41 Å². The molecule has 0 heterocycles. The summed E-state index contributed by atoms with van der Waals surface area (Å²) in [6.45, 7) is 18.5. The molecular weight excluding hydrogens is 364 g/mol. The molecule has 0 amide bonds. The van der Waals surface area contributed by atoms with Gasteiger partial charge in [-0.25, -0.2) is 4.79 Å². The molecule has 0 saturated carbocycles. The normalized spacial score (nSPS) is 13.8. The van der Waals surface area contributed by atoms with Crippen molar-refractivity contribution in [3.05, 3.63) is 48.0 Å². The van der Waals surface area contributed by atoms with Crippen molar-refractivity contribution >= 4 is 5.97 Å². The lowest BCUT2D eigenvalue weighted by Crippen LogP contribution is -2.45. The molecule has 0 fully saturated rings. The van der Waals surface area contributed by atoms with E-state index in [0.29, 0.717) is 12.2 Å². The van der Waals surface area contributed by atoms with E-state index in [1.807, 2.05) is 44.2 Å². The molecule has 4 heteroatoms. The summed E-state index contributed by atoms with van der Waals surface area (Å²) in [5, 5.41) is 9.09. The zero-order chi connectivity index (χ0) is 22.3. The Balaban J connectivity index is 3.04. The summed E-state index contributed by atoms with van der Waals surface area (Å²) in [6.07, 6.45) is 2.72. The first-order chi connectivity index (χ1) is 13.3. The summed E-state index contributed by atoms with van der Waals surface area (Å²) >= 11 is 0. The van der Waals surface area contributed by atoms with E-state index in [4.69, 9.17) is 14.6 Å². The summed E-state index contributed by atoms with van der Waals surface area (Å²) in [4.78, 5) is 12.2. The highest BCUT2D eigenvalue weighted by Crippen LogP contribution is 2.41. The Bertz CT molecular complexity index is 659. The maximum absolute atomic E-state index is 12.2. The van der Waals surface area contributed by atoms with Gasteiger partial charge in [-0.05, 0) is 58.4 Å². The highest BCUT2D eigenvalue weighted by atomic mass is 16.6. The van der Waals surface area contributed by atoms with Gasteiger partial charge >= 0.3 is 5.97 Å². The van der Waals surface area contributed by atoms with Crippen molar-refractivity contribution in [1.82, 2.24) is 0 Å². The second-order valence-corrected chi connectivity index (χ2v) is 9.62. The number of benzene rings is 1. The first-order valence-electron chi connectivity index (χ1n) is 10.5. The van der Waals surface area contributed by atoms with Gasteiger partial charge in [0.05, 0.1) is 12.2 Å². The molecule has 1 atom stereocenters. The Labute approximate surface area is 177 Å². The Morgan fingerprint density at radius 1 is 1.07 bits per heavy atom. The van der Waals surface area contributed by atoms with Gasteiger partial charge in [0.1, 0.15) is 5.60 Å². The highest BCUT2D eigenvalue weighted by Gasteiger charge is 2.41. The number of hydrogen-bond acceptors (Lipinski definition) is 4. The van der Waals surface area contributed by atoms with Gasteiger partial charge in [-0.3, -0.25) is 0 Å². The van der Waals surface area contributed by atoms with E-state index in [-0.39, 0.29) is 29.5 Å². The number of aliphatic hydroxyl groups excluding tert-OH is 1. The lowest BCUT2D eigenvalue weighted by atomic mass is 9.73. The third-order valence-corrected chi connectivity index (χ3v) is 6.20. The monoisotopic (exact) mass is 404 g/mol. The largest absolute Gasteiger partial charge is 0.456 e. The van der Waals surface area contributed by atoms with E-state index in [2.05, 4.69) is 34.3 Å². The van der Waals surface area contributed by atoms with Crippen molar-refractivity contribution in [2.45, 2.75) is 84.8 Å². The van der Waals surface area contributed by atoms with Crippen LogP contribution >= 0.6 is 0 Å². The van der Waals surface area contributed by atoms with Gasteiger partial charge in [0, 0.05) is 18.1 Å². The Kier molecular flexibility index (Phi) is 9.10. The van der Waals surface area contributed by atoms with Crippen molar-refractivity contribution in [3.8, 4) is 0 Å². The molecule has 164 valence electrons. The number of carbonyl (C=O) groups is 1. The van der Waals surface area contributed by atoms with E-state index in [1.54, 1.807) is 6.92 Å². The van der Waals surface area contributed by atoms with Gasteiger partial charge in [-0.15, -0.1) is 0 Å². The van der Waals surface area contributed by atoms with Gasteiger partial charge in [0.2, 0.25) is 0 Å². The van der Waals surface area contributed by atoms with E-state index in [0.717, 1.165) is 24.8 Å². The van der Waals surface area contributed by atoms with E-state index < -0.39 is 5.60 Å². The van der Waals surface area contributed by atoms with Gasteiger partial charge in [-0.2, -0.15) is 0 Å². The van der Waals surface area contributed by atoms with E-state index in [1.165, 1.54) is 0 Å². The average Bonchev–Trinajstić information content (AvgIpc) is 2.62. The molecule has 1 N–H and O–H groups in total. The van der Waals surface area contributed by atoms with Gasteiger partial charge in [0.25, 0.3) is 0 Å². The smallest absolute Gasteiger partial charge is 0.333 e. The quantitative estimate of drug-likeness (QED) is 0.278. The first kappa shape index (κ1) is 25.4. The van der Waals surface area contributed by atoms with Crippen LogP contribution in [0.25, 0.3) is 0 Å². The summed E-state index contributed by atoms with van der Waals surface area (Å²) < 4.78 is 12.3. The fourth-order valence-corrected chi connectivity index (χ4v) is 3.25. The predicted octanol–water partition coefficient (Wildman–Crippen LogP) is 5.65. The van der Waals surface area contributed by atoms with E-state index >= 15 is 0 Å². The van der Waals surface area contributed by atoms with E-state index in [9.17, 15) is 4.79 Å². The zero-order valence-corrected chi connectivity index (χ0v) is 19.4. The average molecular weight is 405 g/mol. The van der Waals surface area contributed by atoms with Crippen LogP contribution in [0.15, 0.2) is 42.5 Å². The molecule has 1 aromatic carbocycles. The van der Waals surface area contributed by atoms with Crippen LogP contribution in [0.4, 0.5) is 0 Å². The molecule has 0 saturated heterocycles. The molecule has 0 radical (unpaired) electrons. The van der Waals surface area contributed by atoms with Crippen LogP contribution in [0.3, 0.4) is 0 Å². The number of hydrogen-bond donors (Lipinski definition) is 1.